The first kappa shape index (κ1) is 22.3. The summed E-state index contributed by atoms with van der Waals surface area (Å²) in [6, 6.07) is 15.4. The molecule has 2 aromatic carbocycles. The Hall–Kier alpha value is -3.42. The van der Waals surface area contributed by atoms with Crippen molar-refractivity contribution >= 4 is 23.2 Å². The number of oxime groups is 1. The number of benzene rings is 2. The number of nitrogens with two attached hydrogens (primary N) is 1. The summed E-state index contributed by atoms with van der Waals surface area (Å²) in [6.45, 7) is 8.94. The summed E-state index contributed by atoms with van der Waals surface area (Å²) in [7, 11) is 0. The molecule has 1 saturated heterocycles. The highest BCUT2D eigenvalue weighted by Gasteiger charge is 2.19. The van der Waals surface area contributed by atoms with Crippen molar-refractivity contribution in [3.05, 3.63) is 54.1 Å². The van der Waals surface area contributed by atoms with Crippen LogP contribution in [0.15, 0.2) is 53.7 Å². The lowest BCUT2D eigenvalue weighted by atomic mass is 10.1. The zero-order valence-electron chi connectivity index (χ0n) is 18.2. The molecule has 2 aromatic rings. The van der Waals surface area contributed by atoms with Crippen LogP contribution in [0.2, 0.25) is 0 Å². The van der Waals surface area contributed by atoms with Crippen molar-refractivity contribution in [1.82, 2.24) is 0 Å². The number of ether oxygens (including phenoxy) is 2. The number of esters is 1. The molecule has 166 valence electrons. The molecule has 8 heteroatoms. The minimum absolute atomic E-state index is 0.106. The second-order valence-corrected chi connectivity index (χ2v) is 8.38. The van der Waals surface area contributed by atoms with E-state index in [0.717, 1.165) is 37.6 Å². The zero-order valence-corrected chi connectivity index (χ0v) is 18.2. The number of hydrogen-bond donors (Lipinski definition) is 2. The topological polar surface area (TPSA) is 101 Å². The van der Waals surface area contributed by atoms with E-state index >= 15 is 0 Å². The number of carbonyl (C=O) groups is 1. The highest BCUT2D eigenvalue weighted by molar-refractivity contribution is 5.97. The summed E-state index contributed by atoms with van der Waals surface area (Å²) < 4.78 is 10.8. The zero-order chi connectivity index (χ0) is 22.4. The molecule has 0 spiro atoms. The van der Waals surface area contributed by atoms with Crippen LogP contribution in [-0.2, 0) is 9.53 Å². The molecule has 0 radical (unpaired) electrons. The molecule has 0 aliphatic carbocycles. The van der Waals surface area contributed by atoms with Gasteiger partial charge in [0.1, 0.15) is 11.4 Å². The Balaban J connectivity index is 1.50. The first-order chi connectivity index (χ1) is 14.7. The summed E-state index contributed by atoms with van der Waals surface area (Å²) >= 11 is 0. The molecule has 3 N–H and O–H groups in total. The Morgan fingerprint density at radius 2 is 1.45 bits per heavy atom. The molecule has 1 aliphatic rings. The van der Waals surface area contributed by atoms with Gasteiger partial charge in [-0.15, -0.1) is 0 Å². The molecule has 0 bridgehead atoms. The van der Waals surface area contributed by atoms with Gasteiger partial charge in [0.2, 0.25) is 0 Å². The molecule has 0 unspecified atom stereocenters. The Kier molecular flexibility index (Phi) is 6.89. The molecule has 1 aliphatic heterocycles. The van der Waals surface area contributed by atoms with E-state index in [0.29, 0.717) is 11.3 Å². The third-order valence-corrected chi connectivity index (χ3v) is 4.89. The van der Waals surface area contributed by atoms with Gasteiger partial charge in [-0.05, 0) is 69.3 Å². The van der Waals surface area contributed by atoms with Crippen LogP contribution in [0, 0.1) is 0 Å². The lowest BCUT2D eigenvalue weighted by Crippen LogP contribution is -2.46. The van der Waals surface area contributed by atoms with Crippen LogP contribution in [0.4, 0.5) is 11.4 Å². The normalized spacial score (nSPS) is 15.0. The number of carbonyl (C=O) groups excluding carboxylic acids is 1. The third-order valence-electron chi connectivity index (χ3n) is 4.89. The van der Waals surface area contributed by atoms with Crippen molar-refractivity contribution in [3.63, 3.8) is 0 Å². The van der Waals surface area contributed by atoms with Gasteiger partial charge in [0, 0.05) is 43.1 Å². The van der Waals surface area contributed by atoms with E-state index in [1.807, 2.05) is 69.3 Å². The van der Waals surface area contributed by atoms with Gasteiger partial charge in [-0.2, -0.15) is 0 Å². The van der Waals surface area contributed by atoms with Crippen molar-refractivity contribution in [2.45, 2.75) is 26.4 Å². The van der Waals surface area contributed by atoms with E-state index in [9.17, 15) is 4.79 Å². The molecular weight excluding hydrogens is 396 g/mol. The monoisotopic (exact) mass is 426 g/mol. The van der Waals surface area contributed by atoms with Crippen molar-refractivity contribution in [2.24, 2.45) is 10.9 Å². The Bertz CT molecular complexity index is 897. The van der Waals surface area contributed by atoms with Crippen LogP contribution in [0.25, 0.3) is 0 Å². The Morgan fingerprint density at radius 1 is 0.968 bits per heavy atom. The maximum atomic E-state index is 11.8. The maximum absolute atomic E-state index is 11.8. The van der Waals surface area contributed by atoms with Gasteiger partial charge in [-0.25, -0.2) is 4.79 Å². The second kappa shape index (κ2) is 9.59. The van der Waals surface area contributed by atoms with Crippen molar-refractivity contribution in [2.75, 3.05) is 42.6 Å². The highest BCUT2D eigenvalue weighted by Crippen LogP contribution is 2.23. The molecular formula is C23H30N4O4. The van der Waals surface area contributed by atoms with Gasteiger partial charge >= 0.3 is 5.97 Å². The largest absolute Gasteiger partial charge is 0.482 e. The van der Waals surface area contributed by atoms with Gasteiger partial charge in [0.15, 0.2) is 12.4 Å². The average Bonchev–Trinajstić information content (AvgIpc) is 2.76. The summed E-state index contributed by atoms with van der Waals surface area (Å²) in [5.41, 5.74) is 8.03. The fourth-order valence-electron chi connectivity index (χ4n) is 3.39. The second-order valence-electron chi connectivity index (χ2n) is 8.38. The lowest BCUT2D eigenvalue weighted by Gasteiger charge is -2.37. The SMILES string of the molecule is CC(C)(C)OC(=O)COc1ccc(N2CCN(c3ccc(/C(N)=N/O)cc3)CC2)cc1. The quantitative estimate of drug-likeness (QED) is 0.241. The maximum Gasteiger partial charge on any atom is 0.344 e. The number of hydrogen-bond acceptors (Lipinski definition) is 7. The number of rotatable bonds is 6. The molecule has 8 nitrogen and oxygen atoms in total. The molecule has 0 saturated carbocycles. The Morgan fingerprint density at radius 3 is 1.90 bits per heavy atom. The fraction of sp³-hybridized carbons (Fsp3) is 0.391. The van der Waals surface area contributed by atoms with Crippen LogP contribution in [0.1, 0.15) is 26.3 Å². The first-order valence-corrected chi connectivity index (χ1v) is 10.3. The summed E-state index contributed by atoms with van der Waals surface area (Å²) in [4.78, 5) is 16.4. The number of nitrogens with zero attached hydrogens (tertiary/aromatic N) is 3. The van der Waals surface area contributed by atoms with Gasteiger partial charge in [-0.1, -0.05) is 5.16 Å². The van der Waals surface area contributed by atoms with E-state index in [1.165, 1.54) is 0 Å². The third kappa shape index (κ3) is 6.28. The van der Waals surface area contributed by atoms with Gasteiger partial charge in [0.05, 0.1) is 0 Å². The fourth-order valence-corrected chi connectivity index (χ4v) is 3.39. The van der Waals surface area contributed by atoms with E-state index in [-0.39, 0.29) is 18.4 Å². The van der Waals surface area contributed by atoms with Gasteiger partial charge < -0.3 is 30.2 Å². The van der Waals surface area contributed by atoms with Crippen LogP contribution in [0.5, 0.6) is 5.75 Å². The predicted molar refractivity (Wildman–Crippen MR) is 121 cm³/mol. The van der Waals surface area contributed by atoms with E-state index in [1.54, 1.807) is 0 Å². The smallest absolute Gasteiger partial charge is 0.344 e. The summed E-state index contributed by atoms with van der Waals surface area (Å²) in [5, 5.41) is 11.8. The van der Waals surface area contributed by atoms with E-state index < -0.39 is 5.60 Å². The van der Waals surface area contributed by atoms with Crippen LogP contribution >= 0.6 is 0 Å². The van der Waals surface area contributed by atoms with Crippen LogP contribution in [0.3, 0.4) is 0 Å². The van der Waals surface area contributed by atoms with E-state index in [2.05, 4.69) is 15.0 Å². The number of amidine groups is 1. The number of anilines is 2. The minimum Gasteiger partial charge on any atom is -0.482 e. The first-order valence-electron chi connectivity index (χ1n) is 10.3. The van der Waals surface area contributed by atoms with Crippen LogP contribution in [-0.4, -0.2) is 55.4 Å². The Labute approximate surface area is 182 Å². The molecule has 31 heavy (non-hydrogen) atoms. The molecule has 3 rings (SSSR count). The molecule has 0 aromatic heterocycles. The van der Waals surface area contributed by atoms with Gasteiger partial charge in [0.25, 0.3) is 0 Å². The van der Waals surface area contributed by atoms with Crippen LogP contribution < -0.4 is 20.3 Å². The number of piperazine rings is 1. The van der Waals surface area contributed by atoms with Crippen molar-refractivity contribution < 1.29 is 19.5 Å². The molecule has 0 amide bonds. The molecule has 0 atom stereocenters. The predicted octanol–water partition coefficient (Wildman–Crippen LogP) is 2.83. The summed E-state index contributed by atoms with van der Waals surface area (Å²) in [5.74, 6) is 0.362. The average molecular weight is 427 g/mol. The summed E-state index contributed by atoms with van der Waals surface area (Å²) in [6.07, 6.45) is 0. The minimum atomic E-state index is -0.518. The molecule has 1 heterocycles. The van der Waals surface area contributed by atoms with E-state index in [4.69, 9.17) is 20.4 Å². The lowest BCUT2D eigenvalue weighted by molar-refractivity contribution is -0.157. The van der Waals surface area contributed by atoms with Gasteiger partial charge in [-0.3, -0.25) is 0 Å². The van der Waals surface area contributed by atoms with Crippen molar-refractivity contribution in [3.8, 4) is 5.75 Å². The highest BCUT2D eigenvalue weighted by atomic mass is 16.6. The standard InChI is InChI=1S/C23H30N4O4/c1-23(2,3)31-21(28)16-30-20-10-8-19(9-11-20)27-14-12-26(13-15-27)18-6-4-17(5-7-18)22(24)25-29/h4-11,29H,12-16H2,1-3H3,(H2,24,25). The molecule has 1 fully saturated rings. The van der Waals surface area contributed by atoms with Crippen molar-refractivity contribution in [1.29, 1.82) is 0 Å².